The lowest BCUT2D eigenvalue weighted by Crippen LogP contribution is -2.31. The van der Waals surface area contributed by atoms with Gasteiger partial charge in [0.05, 0.1) is 12.4 Å². The summed E-state index contributed by atoms with van der Waals surface area (Å²) in [6.45, 7) is 14.6. The van der Waals surface area contributed by atoms with Crippen molar-refractivity contribution >= 4 is 46.7 Å². The average Bonchev–Trinajstić information content (AvgIpc) is 3.59. The van der Waals surface area contributed by atoms with Gasteiger partial charge in [-0.25, -0.2) is 4.98 Å². The second-order valence-electron chi connectivity index (χ2n) is 7.82. The first-order valence-corrected chi connectivity index (χ1v) is 13.3. The van der Waals surface area contributed by atoms with E-state index in [1.54, 1.807) is 11.3 Å². The van der Waals surface area contributed by atoms with E-state index in [0.717, 1.165) is 51.8 Å². The lowest BCUT2D eigenvalue weighted by atomic mass is 9.90. The number of nitrogens with zero attached hydrogens (tertiary/aromatic N) is 3. The van der Waals surface area contributed by atoms with E-state index in [0.29, 0.717) is 0 Å². The second kappa shape index (κ2) is 13.1. The molecule has 0 fully saturated rings. The topological polar surface area (TPSA) is 21.1 Å². The summed E-state index contributed by atoms with van der Waals surface area (Å²) in [5.41, 5.74) is 6.06. The number of benzene rings is 1. The molecule has 0 N–H and O–H groups in total. The molecule has 0 saturated carbocycles. The van der Waals surface area contributed by atoms with Gasteiger partial charge in [0.2, 0.25) is 0 Å². The number of thiophene rings is 1. The van der Waals surface area contributed by atoms with Gasteiger partial charge in [-0.05, 0) is 53.5 Å². The van der Waals surface area contributed by atoms with Crippen LogP contribution in [-0.4, -0.2) is 26.0 Å². The van der Waals surface area contributed by atoms with Crippen LogP contribution < -0.4 is 0 Å². The molecule has 6 heteroatoms. The van der Waals surface area contributed by atoms with Crippen LogP contribution in [0.3, 0.4) is 0 Å². The molecule has 0 radical (unpaired) electrons. The van der Waals surface area contributed by atoms with Crippen LogP contribution in [0.2, 0.25) is 0 Å². The summed E-state index contributed by atoms with van der Waals surface area (Å²) in [6.07, 6.45) is 7.68. The zero-order valence-corrected chi connectivity index (χ0v) is 22.4. The summed E-state index contributed by atoms with van der Waals surface area (Å²) in [5.74, 6) is 0. The lowest BCUT2D eigenvalue weighted by molar-refractivity contribution is 0.360. The Kier molecular flexibility index (Phi) is 10.8. The van der Waals surface area contributed by atoms with Crippen molar-refractivity contribution in [3.8, 4) is 0 Å². The van der Waals surface area contributed by atoms with Crippen LogP contribution in [0.4, 0.5) is 0 Å². The Hall–Kier alpha value is -2.15. The van der Waals surface area contributed by atoms with Gasteiger partial charge >= 0.3 is 0 Å². The van der Waals surface area contributed by atoms with E-state index >= 15 is 0 Å². The van der Waals surface area contributed by atoms with Gasteiger partial charge in [0.25, 0.3) is 0 Å². The first kappa shape index (κ1) is 28.1. The molecule has 1 aromatic carbocycles. The maximum atomic E-state index is 5.91. The Balaban J connectivity index is 0.00000133. The van der Waals surface area contributed by atoms with Crippen LogP contribution in [0.15, 0.2) is 71.5 Å². The Morgan fingerprint density at radius 2 is 2.00 bits per heavy atom. The van der Waals surface area contributed by atoms with Crippen molar-refractivity contribution in [2.75, 3.05) is 6.54 Å². The van der Waals surface area contributed by atoms with Gasteiger partial charge in [0.1, 0.15) is 4.99 Å². The number of rotatable bonds is 8. The Labute approximate surface area is 220 Å². The molecule has 0 bridgehead atoms. The van der Waals surface area contributed by atoms with E-state index in [1.165, 1.54) is 16.7 Å². The molecule has 3 aromatic rings. The monoisotopic (exact) mass is 511 g/mol. The maximum absolute atomic E-state index is 5.91. The van der Waals surface area contributed by atoms with Crippen molar-refractivity contribution < 1.29 is 0 Å². The summed E-state index contributed by atoms with van der Waals surface area (Å²) in [6, 6.07) is 11.0. The molecule has 182 valence electrons. The van der Waals surface area contributed by atoms with Gasteiger partial charge in [-0.15, -0.1) is 24.0 Å². The molecule has 3 nitrogen and oxygen atoms in total. The number of thiocarbonyl (C=S) groups is 1. The predicted molar refractivity (Wildman–Crippen MR) is 157 cm³/mol. The third-order valence-electron chi connectivity index (χ3n) is 5.86. The van der Waals surface area contributed by atoms with Gasteiger partial charge < -0.3 is 9.47 Å². The third kappa shape index (κ3) is 5.91. The molecule has 0 spiro atoms. The Morgan fingerprint density at radius 1 is 1.24 bits per heavy atom. The third-order valence-corrected chi connectivity index (χ3v) is 7.83. The SMILES string of the molecule is C.C=C(C1=C(S)C(=S)N(CCCn2ccnc2)C1c1ccc(CC)cc1C)c1cccs1.CC. The van der Waals surface area contributed by atoms with Gasteiger partial charge in [0, 0.05) is 40.8 Å². The summed E-state index contributed by atoms with van der Waals surface area (Å²) in [4.78, 5) is 9.33. The second-order valence-corrected chi connectivity index (χ2v) is 9.60. The lowest BCUT2D eigenvalue weighted by Gasteiger charge is -2.31. The van der Waals surface area contributed by atoms with E-state index in [1.807, 2.05) is 32.6 Å². The van der Waals surface area contributed by atoms with Crippen molar-refractivity contribution in [1.29, 1.82) is 0 Å². The minimum absolute atomic E-state index is 0. The van der Waals surface area contributed by atoms with Gasteiger partial charge in [-0.3, -0.25) is 0 Å². The smallest absolute Gasteiger partial charge is 0.116 e. The molecule has 1 aliphatic heterocycles. The molecule has 3 heterocycles. The fourth-order valence-corrected chi connectivity index (χ4v) is 5.61. The van der Waals surface area contributed by atoms with Crippen LogP contribution in [0.5, 0.6) is 0 Å². The quantitative estimate of drug-likeness (QED) is 0.243. The molecule has 4 rings (SSSR count). The zero-order chi connectivity index (χ0) is 24.0. The van der Waals surface area contributed by atoms with Gasteiger partial charge in [-0.1, -0.05) is 71.3 Å². The predicted octanol–water partition coefficient (Wildman–Crippen LogP) is 8.15. The van der Waals surface area contributed by atoms with Crippen LogP contribution in [-0.2, 0) is 13.0 Å². The van der Waals surface area contributed by atoms with Crippen molar-refractivity contribution in [3.63, 3.8) is 0 Å². The molecule has 1 unspecified atom stereocenters. The summed E-state index contributed by atoms with van der Waals surface area (Å²) in [7, 11) is 0. The summed E-state index contributed by atoms with van der Waals surface area (Å²) in [5, 5.41) is 2.09. The minimum Gasteiger partial charge on any atom is -0.351 e. The highest BCUT2D eigenvalue weighted by atomic mass is 32.1. The van der Waals surface area contributed by atoms with Crippen molar-refractivity contribution in [2.24, 2.45) is 0 Å². The van der Waals surface area contributed by atoms with Crippen LogP contribution in [0.25, 0.3) is 5.57 Å². The zero-order valence-electron chi connectivity index (χ0n) is 19.9. The number of hydrogen-bond acceptors (Lipinski definition) is 4. The van der Waals surface area contributed by atoms with E-state index in [-0.39, 0.29) is 13.5 Å². The molecule has 0 saturated heterocycles. The highest BCUT2D eigenvalue weighted by molar-refractivity contribution is 7.90. The number of hydrogen-bond donors (Lipinski definition) is 1. The van der Waals surface area contributed by atoms with E-state index in [9.17, 15) is 0 Å². The number of aromatic nitrogens is 2. The van der Waals surface area contributed by atoms with E-state index < -0.39 is 0 Å². The standard InChI is InChI=1S/C25H27N3S3.C2H6.CH4/c1-4-19-8-9-20(17(2)15-19)23-22(18(3)21-7-5-14-31-21)24(29)25(30)28(23)12-6-11-27-13-10-26-16-27;1-2;/h5,7-10,13-16,23,29H,3-4,6,11-12H2,1-2H3;1-2H3;1H4. The molecule has 0 aliphatic carbocycles. The summed E-state index contributed by atoms with van der Waals surface area (Å²) >= 11 is 12.5. The summed E-state index contributed by atoms with van der Waals surface area (Å²) < 4.78 is 2.11. The minimum atomic E-state index is 0. The van der Waals surface area contributed by atoms with Crippen molar-refractivity contribution in [2.45, 2.75) is 60.5 Å². The normalized spacial score (nSPS) is 15.1. The number of thiol groups is 1. The highest BCUT2D eigenvalue weighted by Crippen LogP contribution is 2.47. The van der Waals surface area contributed by atoms with E-state index in [4.69, 9.17) is 24.8 Å². The Morgan fingerprint density at radius 3 is 2.59 bits per heavy atom. The fourth-order valence-electron chi connectivity index (χ4n) is 4.21. The van der Waals surface area contributed by atoms with Crippen LogP contribution in [0.1, 0.15) is 62.2 Å². The van der Waals surface area contributed by atoms with Crippen LogP contribution >= 0.6 is 36.2 Å². The molecule has 1 atom stereocenters. The molecule has 0 amide bonds. The largest absolute Gasteiger partial charge is 0.351 e. The van der Waals surface area contributed by atoms with Crippen LogP contribution in [0, 0.1) is 6.92 Å². The maximum Gasteiger partial charge on any atom is 0.116 e. The first-order valence-electron chi connectivity index (χ1n) is 11.5. The number of aryl methyl sites for hydroxylation is 3. The molecule has 1 aliphatic rings. The van der Waals surface area contributed by atoms with Gasteiger partial charge in [-0.2, -0.15) is 0 Å². The van der Waals surface area contributed by atoms with E-state index in [2.05, 4.69) is 70.6 Å². The molecule has 2 aromatic heterocycles. The molecular weight excluding hydrogens is 475 g/mol. The highest BCUT2D eigenvalue weighted by Gasteiger charge is 2.38. The van der Waals surface area contributed by atoms with Crippen molar-refractivity contribution in [3.05, 3.63) is 93.1 Å². The first-order chi connectivity index (χ1) is 16.0. The molecular formula is C28H37N3S3. The van der Waals surface area contributed by atoms with Crippen molar-refractivity contribution in [1.82, 2.24) is 14.5 Å². The Bertz CT molecular complexity index is 1110. The van der Waals surface area contributed by atoms with Gasteiger partial charge in [0.15, 0.2) is 0 Å². The molecule has 34 heavy (non-hydrogen) atoms. The fraction of sp³-hybridized carbons (Fsp3) is 0.357. The average molecular weight is 512 g/mol. The number of imidazole rings is 1.